The fourth-order valence-corrected chi connectivity index (χ4v) is 5.59. The number of aliphatic hydroxyl groups excluding tert-OH is 1. The lowest BCUT2D eigenvalue weighted by atomic mass is 9.98. The molecule has 0 aliphatic heterocycles. The van der Waals surface area contributed by atoms with E-state index in [0.717, 1.165) is 33.4 Å². The van der Waals surface area contributed by atoms with Gasteiger partial charge in [-0.05, 0) is 51.9 Å². The number of ether oxygens (including phenoxy) is 1. The van der Waals surface area contributed by atoms with Crippen molar-refractivity contribution in [1.82, 2.24) is 10.6 Å². The summed E-state index contributed by atoms with van der Waals surface area (Å²) in [6.07, 6.45) is 0.587. The van der Waals surface area contributed by atoms with Gasteiger partial charge in [0.15, 0.2) is 0 Å². The number of carbonyl (C=O) groups excluding carboxylic acids is 3. The summed E-state index contributed by atoms with van der Waals surface area (Å²) in [5.74, 6) is -0.957. The van der Waals surface area contributed by atoms with E-state index in [9.17, 15) is 19.5 Å². The summed E-state index contributed by atoms with van der Waals surface area (Å²) in [6.45, 7) is 1.95. The number of amides is 3. The zero-order valence-corrected chi connectivity index (χ0v) is 24.7. The second kappa shape index (κ2) is 14.5. The second-order valence-corrected chi connectivity index (χ2v) is 10.9. The maximum Gasteiger partial charge on any atom is 0.407 e. The van der Waals surface area contributed by atoms with Crippen LogP contribution in [0.3, 0.4) is 0 Å². The maximum atomic E-state index is 13.6. The number of benzene rings is 4. The third-order valence-electron chi connectivity index (χ3n) is 7.85. The molecule has 4 aromatic rings. The molecule has 4 N–H and O–H groups in total. The van der Waals surface area contributed by atoms with Crippen molar-refractivity contribution < 1.29 is 24.2 Å². The number of hydrogen-bond acceptors (Lipinski definition) is 5. The molecule has 1 aliphatic carbocycles. The Morgan fingerprint density at radius 3 is 1.95 bits per heavy atom. The van der Waals surface area contributed by atoms with Crippen LogP contribution in [-0.2, 0) is 27.4 Å². The Hall–Kier alpha value is -4.95. The van der Waals surface area contributed by atoms with Gasteiger partial charge in [0.25, 0.3) is 0 Å². The minimum absolute atomic E-state index is 0.0950. The normalized spacial score (nSPS) is 13.2. The Morgan fingerprint density at radius 2 is 1.34 bits per heavy atom. The third kappa shape index (κ3) is 7.33. The van der Waals surface area contributed by atoms with Crippen LogP contribution < -0.4 is 16.0 Å². The van der Waals surface area contributed by atoms with Gasteiger partial charge in [-0.25, -0.2) is 4.79 Å². The van der Waals surface area contributed by atoms with Gasteiger partial charge in [-0.3, -0.25) is 9.59 Å². The molecule has 8 heteroatoms. The maximum absolute atomic E-state index is 13.6. The Morgan fingerprint density at radius 1 is 0.727 bits per heavy atom. The van der Waals surface area contributed by atoms with Crippen molar-refractivity contribution in [1.29, 1.82) is 0 Å². The van der Waals surface area contributed by atoms with Crippen LogP contribution in [0.2, 0.25) is 0 Å². The first kappa shape index (κ1) is 30.5. The first-order valence-electron chi connectivity index (χ1n) is 14.9. The Kier molecular flexibility index (Phi) is 10.0. The lowest BCUT2D eigenvalue weighted by Crippen LogP contribution is -2.53. The standard InChI is InChI=1S/C36H37N3O5/c1-2-10-32(34(41)37-26-19-17-25(22-40)18-20-26)38-35(42)33(21-24-11-4-3-5-12-24)39-36(43)44-23-31-29-15-8-6-13-27(29)28-14-7-9-16-30(28)31/h3-9,11-20,31-33,40H,2,10,21-23H2,1H3,(H,37,41)(H,38,42)(H,39,43). The number of hydrogen-bond donors (Lipinski definition) is 4. The van der Waals surface area contributed by atoms with Crippen LogP contribution in [0.5, 0.6) is 0 Å². The molecule has 44 heavy (non-hydrogen) atoms. The summed E-state index contributed by atoms with van der Waals surface area (Å²) in [4.78, 5) is 39.9. The molecular weight excluding hydrogens is 554 g/mol. The predicted octanol–water partition coefficient (Wildman–Crippen LogP) is 5.55. The Labute approximate surface area is 257 Å². The van der Waals surface area contributed by atoms with Gasteiger partial charge in [0.05, 0.1) is 6.61 Å². The molecule has 0 heterocycles. The molecule has 0 spiro atoms. The fourth-order valence-electron chi connectivity index (χ4n) is 5.59. The molecule has 0 saturated heterocycles. The molecular formula is C36H37N3O5. The van der Waals surface area contributed by atoms with E-state index < -0.39 is 24.1 Å². The van der Waals surface area contributed by atoms with Crippen molar-refractivity contribution in [3.63, 3.8) is 0 Å². The SMILES string of the molecule is CCCC(NC(=O)C(Cc1ccccc1)NC(=O)OCC1c2ccccc2-c2ccccc21)C(=O)Nc1ccc(CO)cc1. The molecule has 1 aliphatic rings. The van der Waals surface area contributed by atoms with Gasteiger partial charge >= 0.3 is 6.09 Å². The van der Waals surface area contributed by atoms with Gasteiger partial charge < -0.3 is 25.8 Å². The molecule has 226 valence electrons. The van der Waals surface area contributed by atoms with E-state index in [-0.39, 0.29) is 31.5 Å². The number of nitrogens with one attached hydrogen (secondary N) is 3. The molecule has 4 aromatic carbocycles. The summed E-state index contributed by atoms with van der Waals surface area (Å²) in [5.41, 5.74) is 6.58. The molecule has 0 saturated carbocycles. The molecule has 0 radical (unpaired) electrons. The summed E-state index contributed by atoms with van der Waals surface area (Å²) in [5, 5.41) is 17.7. The monoisotopic (exact) mass is 591 g/mol. The van der Waals surface area contributed by atoms with Crippen molar-refractivity contribution in [2.75, 3.05) is 11.9 Å². The Bertz CT molecular complexity index is 1540. The topological polar surface area (TPSA) is 117 Å². The van der Waals surface area contributed by atoms with E-state index in [1.54, 1.807) is 24.3 Å². The van der Waals surface area contributed by atoms with E-state index in [4.69, 9.17) is 4.74 Å². The van der Waals surface area contributed by atoms with Crippen LogP contribution in [0.4, 0.5) is 10.5 Å². The summed E-state index contributed by atoms with van der Waals surface area (Å²) >= 11 is 0. The van der Waals surface area contributed by atoms with Crippen LogP contribution in [0.1, 0.15) is 47.9 Å². The van der Waals surface area contributed by atoms with E-state index in [1.807, 2.05) is 73.7 Å². The first-order valence-corrected chi connectivity index (χ1v) is 14.9. The van der Waals surface area contributed by atoms with Gasteiger partial charge in [-0.2, -0.15) is 0 Å². The van der Waals surface area contributed by atoms with Gasteiger partial charge in [0, 0.05) is 18.0 Å². The highest BCUT2D eigenvalue weighted by Gasteiger charge is 2.31. The van der Waals surface area contributed by atoms with Crippen LogP contribution in [0.15, 0.2) is 103 Å². The first-order chi connectivity index (χ1) is 21.5. The summed E-state index contributed by atoms with van der Waals surface area (Å²) in [7, 11) is 0. The van der Waals surface area contributed by atoms with Crippen molar-refractivity contribution in [2.45, 2.75) is 50.8 Å². The molecule has 3 amide bonds. The van der Waals surface area contributed by atoms with Crippen LogP contribution in [-0.4, -0.2) is 41.7 Å². The number of carbonyl (C=O) groups is 3. The van der Waals surface area contributed by atoms with Crippen molar-refractivity contribution in [2.24, 2.45) is 0 Å². The fraction of sp³-hybridized carbons (Fsp3) is 0.250. The number of aliphatic hydroxyl groups is 1. The van der Waals surface area contributed by atoms with Gasteiger partial charge in [-0.1, -0.05) is 104 Å². The van der Waals surface area contributed by atoms with Gasteiger partial charge in [-0.15, -0.1) is 0 Å². The van der Waals surface area contributed by atoms with E-state index in [1.165, 1.54) is 0 Å². The number of rotatable bonds is 12. The molecule has 0 bridgehead atoms. The van der Waals surface area contributed by atoms with Crippen molar-refractivity contribution >= 4 is 23.6 Å². The van der Waals surface area contributed by atoms with Crippen LogP contribution >= 0.6 is 0 Å². The lowest BCUT2D eigenvalue weighted by molar-refractivity contribution is -0.128. The molecule has 0 fully saturated rings. The molecule has 2 atom stereocenters. The Balaban J connectivity index is 1.27. The lowest BCUT2D eigenvalue weighted by Gasteiger charge is -2.23. The average Bonchev–Trinajstić information content (AvgIpc) is 3.37. The molecule has 2 unspecified atom stereocenters. The largest absolute Gasteiger partial charge is 0.449 e. The average molecular weight is 592 g/mol. The predicted molar refractivity (Wildman–Crippen MR) is 170 cm³/mol. The van der Waals surface area contributed by atoms with E-state index in [0.29, 0.717) is 18.5 Å². The van der Waals surface area contributed by atoms with Crippen molar-refractivity contribution in [3.05, 3.63) is 125 Å². The number of anilines is 1. The minimum atomic E-state index is -0.968. The zero-order valence-electron chi connectivity index (χ0n) is 24.7. The minimum Gasteiger partial charge on any atom is -0.449 e. The molecule has 8 nitrogen and oxygen atoms in total. The van der Waals surface area contributed by atoms with Crippen LogP contribution in [0.25, 0.3) is 11.1 Å². The van der Waals surface area contributed by atoms with E-state index >= 15 is 0 Å². The van der Waals surface area contributed by atoms with Crippen molar-refractivity contribution in [3.8, 4) is 11.1 Å². The summed E-state index contributed by atoms with van der Waals surface area (Å²) in [6, 6.07) is 30.6. The highest BCUT2D eigenvalue weighted by Crippen LogP contribution is 2.44. The number of fused-ring (bicyclic) bond motifs is 3. The zero-order chi connectivity index (χ0) is 30.9. The quantitative estimate of drug-likeness (QED) is 0.172. The van der Waals surface area contributed by atoms with Gasteiger partial charge in [0.1, 0.15) is 18.7 Å². The third-order valence-corrected chi connectivity index (χ3v) is 7.85. The number of alkyl carbamates (subject to hydrolysis) is 1. The summed E-state index contributed by atoms with van der Waals surface area (Å²) < 4.78 is 5.73. The molecule has 5 rings (SSSR count). The smallest absolute Gasteiger partial charge is 0.407 e. The second-order valence-electron chi connectivity index (χ2n) is 10.9. The highest BCUT2D eigenvalue weighted by atomic mass is 16.5. The van der Waals surface area contributed by atoms with Crippen LogP contribution in [0, 0.1) is 0 Å². The molecule has 0 aromatic heterocycles. The van der Waals surface area contributed by atoms with Gasteiger partial charge in [0.2, 0.25) is 11.8 Å². The van der Waals surface area contributed by atoms with E-state index in [2.05, 4.69) is 28.1 Å². The highest BCUT2D eigenvalue weighted by molar-refractivity contribution is 5.98.